The van der Waals surface area contributed by atoms with E-state index in [0.717, 1.165) is 23.5 Å². The van der Waals surface area contributed by atoms with E-state index in [2.05, 4.69) is 14.9 Å². The van der Waals surface area contributed by atoms with Crippen molar-refractivity contribution in [1.29, 1.82) is 0 Å². The molecule has 0 aliphatic heterocycles. The largest absolute Gasteiger partial charge is 0.382 e. The molecule has 1 N–H and O–H groups in total. The number of hydrogen-bond donors (Lipinski definition) is 1. The van der Waals surface area contributed by atoms with Gasteiger partial charge in [-0.15, -0.1) is 5.10 Å². The predicted octanol–water partition coefficient (Wildman–Crippen LogP) is 3.01. The van der Waals surface area contributed by atoms with Gasteiger partial charge in [0.25, 0.3) is 5.91 Å². The molecule has 0 atom stereocenters. The van der Waals surface area contributed by atoms with Crippen LogP contribution in [0.3, 0.4) is 0 Å². The molecular formula is C14H16ClN3O2S. The molecule has 0 radical (unpaired) electrons. The van der Waals surface area contributed by atoms with E-state index >= 15 is 0 Å². The first-order valence-corrected chi connectivity index (χ1v) is 7.81. The van der Waals surface area contributed by atoms with E-state index in [4.69, 9.17) is 16.3 Å². The molecule has 0 aliphatic rings. The average Bonchev–Trinajstić information content (AvgIpc) is 2.97. The number of hydrogen-bond acceptors (Lipinski definition) is 5. The number of ether oxygens (including phenoxy) is 1. The Kier molecular flexibility index (Phi) is 6.10. The number of nitrogens with zero attached hydrogens (tertiary/aromatic N) is 2. The summed E-state index contributed by atoms with van der Waals surface area (Å²) < 4.78 is 9.10. The van der Waals surface area contributed by atoms with Crippen molar-refractivity contribution in [3.05, 3.63) is 34.2 Å². The number of rotatable bonds is 7. The Balaban J connectivity index is 1.99. The van der Waals surface area contributed by atoms with E-state index in [-0.39, 0.29) is 5.91 Å². The Bertz CT molecular complexity index is 586. The van der Waals surface area contributed by atoms with E-state index in [0.29, 0.717) is 35.4 Å². The van der Waals surface area contributed by atoms with E-state index in [1.165, 1.54) is 0 Å². The maximum Gasteiger partial charge on any atom is 0.265 e. The standard InChI is InChI=1S/C14H16ClN3O2S/c1-2-20-9-3-8-16-14(19)13-12(17-18-21-13)10-4-6-11(15)7-5-10/h4-7H,2-3,8-9H2,1H3,(H,16,19). The van der Waals surface area contributed by atoms with Crippen LogP contribution in [-0.4, -0.2) is 35.3 Å². The van der Waals surface area contributed by atoms with Gasteiger partial charge in [-0.2, -0.15) is 0 Å². The molecule has 5 nitrogen and oxygen atoms in total. The number of halogens is 1. The van der Waals surface area contributed by atoms with Gasteiger partial charge in [0.15, 0.2) is 0 Å². The molecule has 0 saturated heterocycles. The second-order valence-electron chi connectivity index (χ2n) is 4.26. The maximum atomic E-state index is 12.2. The second kappa shape index (κ2) is 8.07. The summed E-state index contributed by atoms with van der Waals surface area (Å²) >= 11 is 6.95. The van der Waals surface area contributed by atoms with Crippen molar-refractivity contribution in [1.82, 2.24) is 14.9 Å². The minimum Gasteiger partial charge on any atom is -0.382 e. The zero-order valence-electron chi connectivity index (χ0n) is 11.6. The summed E-state index contributed by atoms with van der Waals surface area (Å²) in [6, 6.07) is 7.18. The molecule has 1 heterocycles. The Labute approximate surface area is 132 Å². The fourth-order valence-electron chi connectivity index (χ4n) is 1.74. The third-order valence-electron chi connectivity index (χ3n) is 2.77. The lowest BCUT2D eigenvalue weighted by molar-refractivity contribution is 0.0948. The molecule has 7 heteroatoms. The highest BCUT2D eigenvalue weighted by molar-refractivity contribution is 7.08. The minimum atomic E-state index is -0.161. The van der Waals surface area contributed by atoms with Crippen LogP contribution in [0.15, 0.2) is 24.3 Å². The molecule has 1 aromatic carbocycles. The Morgan fingerprint density at radius 1 is 1.38 bits per heavy atom. The lowest BCUT2D eigenvalue weighted by Gasteiger charge is -2.05. The zero-order valence-corrected chi connectivity index (χ0v) is 13.2. The van der Waals surface area contributed by atoms with Crippen molar-refractivity contribution < 1.29 is 9.53 Å². The number of amides is 1. The van der Waals surface area contributed by atoms with Crippen LogP contribution < -0.4 is 5.32 Å². The number of carbonyl (C=O) groups is 1. The van der Waals surface area contributed by atoms with Gasteiger partial charge in [-0.1, -0.05) is 28.2 Å². The highest BCUT2D eigenvalue weighted by Crippen LogP contribution is 2.25. The first-order valence-electron chi connectivity index (χ1n) is 6.66. The molecule has 0 saturated carbocycles. The van der Waals surface area contributed by atoms with Crippen LogP contribution in [0, 0.1) is 0 Å². The van der Waals surface area contributed by atoms with Crippen LogP contribution in [0.1, 0.15) is 23.0 Å². The van der Waals surface area contributed by atoms with Crippen LogP contribution in [0.25, 0.3) is 11.3 Å². The van der Waals surface area contributed by atoms with Gasteiger partial charge in [-0.3, -0.25) is 4.79 Å². The van der Waals surface area contributed by atoms with E-state index in [1.54, 1.807) is 12.1 Å². The first-order chi connectivity index (χ1) is 10.2. The quantitative estimate of drug-likeness (QED) is 0.795. The van der Waals surface area contributed by atoms with Gasteiger partial charge < -0.3 is 10.1 Å². The Morgan fingerprint density at radius 3 is 2.86 bits per heavy atom. The van der Waals surface area contributed by atoms with Crippen LogP contribution >= 0.6 is 23.1 Å². The average molecular weight is 326 g/mol. The van der Waals surface area contributed by atoms with E-state index in [1.807, 2.05) is 19.1 Å². The molecule has 1 amide bonds. The Hall–Kier alpha value is -1.50. The Morgan fingerprint density at radius 2 is 2.14 bits per heavy atom. The molecular weight excluding hydrogens is 310 g/mol. The molecule has 0 unspecified atom stereocenters. The third kappa shape index (κ3) is 4.49. The third-order valence-corrected chi connectivity index (χ3v) is 3.74. The van der Waals surface area contributed by atoms with Crippen LogP contribution in [0.2, 0.25) is 5.02 Å². The van der Waals surface area contributed by atoms with Gasteiger partial charge in [0.05, 0.1) is 0 Å². The van der Waals surface area contributed by atoms with E-state index in [9.17, 15) is 4.79 Å². The number of benzene rings is 1. The molecule has 1 aromatic heterocycles. The number of nitrogens with one attached hydrogen (secondary N) is 1. The highest BCUT2D eigenvalue weighted by Gasteiger charge is 2.17. The summed E-state index contributed by atoms with van der Waals surface area (Å²) in [5.74, 6) is -0.161. The first kappa shape index (κ1) is 15.9. The normalized spacial score (nSPS) is 10.6. The van der Waals surface area contributed by atoms with Gasteiger partial charge in [0.2, 0.25) is 0 Å². The van der Waals surface area contributed by atoms with Gasteiger partial charge in [-0.05, 0) is 37.0 Å². The van der Waals surface area contributed by atoms with Gasteiger partial charge >= 0.3 is 0 Å². The molecule has 0 fully saturated rings. The summed E-state index contributed by atoms with van der Waals surface area (Å²) in [5.41, 5.74) is 1.41. The fraction of sp³-hybridized carbons (Fsp3) is 0.357. The van der Waals surface area contributed by atoms with Crippen molar-refractivity contribution in [2.75, 3.05) is 19.8 Å². The highest BCUT2D eigenvalue weighted by atomic mass is 35.5. The maximum absolute atomic E-state index is 12.2. The smallest absolute Gasteiger partial charge is 0.265 e. The minimum absolute atomic E-state index is 0.161. The van der Waals surface area contributed by atoms with Gasteiger partial charge in [-0.25, -0.2) is 0 Å². The SMILES string of the molecule is CCOCCCNC(=O)c1snnc1-c1ccc(Cl)cc1. The summed E-state index contributed by atoms with van der Waals surface area (Å²) in [6.07, 6.45) is 0.780. The van der Waals surface area contributed by atoms with Crippen LogP contribution in [-0.2, 0) is 4.74 Å². The molecule has 21 heavy (non-hydrogen) atoms. The van der Waals surface area contributed by atoms with Crippen molar-refractivity contribution in [2.24, 2.45) is 0 Å². The zero-order chi connectivity index (χ0) is 15.1. The lowest BCUT2D eigenvalue weighted by Crippen LogP contribution is -2.25. The van der Waals surface area contributed by atoms with Crippen LogP contribution in [0.5, 0.6) is 0 Å². The topological polar surface area (TPSA) is 64.1 Å². The molecule has 2 rings (SSSR count). The number of aromatic nitrogens is 2. The van der Waals surface area contributed by atoms with Gasteiger partial charge in [0, 0.05) is 30.3 Å². The van der Waals surface area contributed by atoms with Crippen LogP contribution in [0.4, 0.5) is 0 Å². The molecule has 0 spiro atoms. The van der Waals surface area contributed by atoms with Crippen molar-refractivity contribution in [3.8, 4) is 11.3 Å². The molecule has 0 bridgehead atoms. The van der Waals surface area contributed by atoms with Crippen molar-refractivity contribution in [2.45, 2.75) is 13.3 Å². The van der Waals surface area contributed by atoms with Crippen molar-refractivity contribution in [3.63, 3.8) is 0 Å². The predicted molar refractivity (Wildman–Crippen MR) is 83.8 cm³/mol. The summed E-state index contributed by atoms with van der Waals surface area (Å²) in [7, 11) is 0. The van der Waals surface area contributed by atoms with Gasteiger partial charge in [0.1, 0.15) is 10.6 Å². The fourth-order valence-corrected chi connectivity index (χ4v) is 2.47. The molecule has 112 valence electrons. The monoisotopic (exact) mass is 325 g/mol. The molecule has 2 aromatic rings. The lowest BCUT2D eigenvalue weighted by atomic mass is 10.1. The number of carbonyl (C=O) groups excluding carboxylic acids is 1. The van der Waals surface area contributed by atoms with E-state index < -0.39 is 0 Å². The molecule has 0 aliphatic carbocycles. The second-order valence-corrected chi connectivity index (χ2v) is 5.45. The summed E-state index contributed by atoms with van der Waals surface area (Å²) in [6.45, 7) is 3.84. The summed E-state index contributed by atoms with van der Waals surface area (Å²) in [4.78, 5) is 12.7. The summed E-state index contributed by atoms with van der Waals surface area (Å²) in [5, 5.41) is 7.53. The van der Waals surface area contributed by atoms with Crippen molar-refractivity contribution >= 4 is 29.0 Å².